The van der Waals surface area contributed by atoms with Gasteiger partial charge in [-0.2, -0.15) is 0 Å². The lowest BCUT2D eigenvalue weighted by atomic mass is 10.1. The molecule has 0 heterocycles. The lowest BCUT2D eigenvalue weighted by molar-refractivity contribution is 0.0816. The number of rotatable bonds is 8. The van der Waals surface area contributed by atoms with Gasteiger partial charge in [-0.1, -0.05) is 23.7 Å². The van der Waals surface area contributed by atoms with Crippen LogP contribution in [0, 0.1) is 5.92 Å². The Morgan fingerprint density at radius 2 is 2.25 bits per heavy atom. The van der Waals surface area contributed by atoms with Gasteiger partial charge in [-0.3, -0.25) is 9.69 Å². The third kappa shape index (κ3) is 4.30. The average Bonchev–Trinajstić information content (AvgIpc) is 3.27. The number of ether oxygens (including phenoxy) is 1. The number of benzene rings is 1. The summed E-state index contributed by atoms with van der Waals surface area (Å²) in [6.45, 7) is 4.08. The molecule has 1 unspecified atom stereocenters. The Labute approximate surface area is 125 Å². The van der Waals surface area contributed by atoms with Crippen LogP contribution < -0.4 is 0 Å². The molecule has 4 heteroatoms. The fraction of sp³-hybridized carbons (Fsp3) is 0.562. The normalized spacial score (nSPS) is 16.4. The minimum absolute atomic E-state index is 0.121. The highest BCUT2D eigenvalue weighted by Crippen LogP contribution is 2.35. The molecule has 110 valence electrons. The number of Topliss-reactive ketones (excluding diaryl/α,β-unsaturated/α-hetero) is 1. The van der Waals surface area contributed by atoms with Crippen LogP contribution in [-0.2, 0) is 4.74 Å². The number of halogens is 1. The van der Waals surface area contributed by atoms with Gasteiger partial charge < -0.3 is 4.74 Å². The number of methoxy groups -OCH3 is 1. The summed E-state index contributed by atoms with van der Waals surface area (Å²) in [6.07, 6.45) is 2.55. The van der Waals surface area contributed by atoms with Crippen LogP contribution in [0.15, 0.2) is 24.3 Å². The first-order valence-corrected chi connectivity index (χ1v) is 7.51. The first kappa shape index (κ1) is 15.5. The molecular formula is C16H22ClNO2. The van der Waals surface area contributed by atoms with E-state index in [2.05, 4.69) is 11.8 Å². The zero-order valence-electron chi connectivity index (χ0n) is 12.1. The van der Waals surface area contributed by atoms with E-state index in [4.69, 9.17) is 16.3 Å². The van der Waals surface area contributed by atoms with E-state index in [1.165, 1.54) is 12.8 Å². The zero-order valence-corrected chi connectivity index (χ0v) is 12.9. The molecule has 1 aromatic rings. The lowest BCUT2D eigenvalue weighted by Gasteiger charge is -2.28. The van der Waals surface area contributed by atoms with Gasteiger partial charge in [-0.05, 0) is 37.8 Å². The summed E-state index contributed by atoms with van der Waals surface area (Å²) in [4.78, 5) is 14.6. The fourth-order valence-corrected chi connectivity index (χ4v) is 2.64. The molecule has 1 aliphatic rings. The van der Waals surface area contributed by atoms with E-state index >= 15 is 0 Å². The topological polar surface area (TPSA) is 29.5 Å². The Kier molecular flexibility index (Phi) is 5.58. The Morgan fingerprint density at radius 1 is 1.50 bits per heavy atom. The van der Waals surface area contributed by atoms with Crippen molar-refractivity contribution in [3.05, 3.63) is 34.9 Å². The van der Waals surface area contributed by atoms with Gasteiger partial charge in [0.05, 0.1) is 13.2 Å². The van der Waals surface area contributed by atoms with Crippen molar-refractivity contribution in [2.45, 2.75) is 25.8 Å². The van der Waals surface area contributed by atoms with Gasteiger partial charge in [-0.15, -0.1) is 0 Å². The number of hydrogen-bond acceptors (Lipinski definition) is 3. The molecule has 0 spiro atoms. The summed E-state index contributed by atoms with van der Waals surface area (Å²) in [7, 11) is 1.69. The van der Waals surface area contributed by atoms with Gasteiger partial charge in [0.2, 0.25) is 0 Å². The number of ketones is 1. The molecule has 1 fully saturated rings. The second kappa shape index (κ2) is 7.21. The van der Waals surface area contributed by atoms with Crippen LogP contribution in [0.3, 0.4) is 0 Å². The second-order valence-electron chi connectivity index (χ2n) is 5.47. The summed E-state index contributed by atoms with van der Waals surface area (Å²) in [5, 5.41) is 0.606. The van der Waals surface area contributed by atoms with Gasteiger partial charge in [0.25, 0.3) is 0 Å². The van der Waals surface area contributed by atoms with Crippen molar-refractivity contribution in [2.75, 3.05) is 26.8 Å². The Hall–Kier alpha value is -0.900. The zero-order chi connectivity index (χ0) is 14.5. The fourth-order valence-electron chi connectivity index (χ4n) is 2.45. The molecule has 20 heavy (non-hydrogen) atoms. The standard InChI is InChI=1S/C16H22ClNO2/c1-12(13-6-7-13)18(8-9-20-2)11-16(19)14-4-3-5-15(17)10-14/h3-5,10,12-13H,6-9,11H2,1-2H3. The van der Waals surface area contributed by atoms with Crippen molar-refractivity contribution in [1.29, 1.82) is 0 Å². The van der Waals surface area contributed by atoms with Crippen molar-refractivity contribution < 1.29 is 9.53 Å². The van der Waals surface area contributed by atoms with Crippen LogP contribution in [0.2, 0.25) is 5.02 Å². The first-order chi connectivity index (χ1) is 9.61. The highest BCUT2D eigenvalue weighted by atomic mass is 35.5. The number of carbonyl (C=O) groups is 1. The minimum Gasteiger partial charge on any atom is -0.383 e. The predicted octanol–water partition coefficient (Wildman–Crippen LogP) is 3.27. The lowest BCUT2D eigenvalue weighted by Crippen LogP contribution is -2.40. The van der Waals surface area contributed by atoms with E-state index in [9.17, 15) is 4.79 Å². The van der Waals surface area contributed by atoms with Crippen molar-refractivity contribution in [1.82, 2.24) is 4.90 Å². The highest BCUT2D eigenvalue weighted by Gasteiger charge is 2.32. The van der Waals surface area contributed by atoms with Gasteiger partial charge in [0, 0.05) is 30.3 Å². The van der Waals surface area contributed by atoms with E-state index in [1.54, 1.807) is 19.2 Å². The summed E-state index contributed by atoms with van der Waals surface area (Å²) in [5.74, 6) is 0.857. The van der Waals surface area contributed by atoms with Gasteiger partial charge >= 0.3 is 0 Å². The molecule has 0 radical (unpaired) electrons. The summed E-state index contributed by atoms with van der Waals surface area (Å²) >= 11 is 5.95. The molecule has 3 nitrogen and oxygen atoms in total. The molecule has 1 aromatic carbocycles. The Balaban J connectivity index is 2.00. The maximum atomic E-state index is 12.4. The quantitative estimate of drug-likeness (QED) is 0.689. The third-order valence-corrected chi connectivity index (χ3v) is 4.19. The molecule has 0 N–H and O–H groups in total. The molecule has 1 saturated carbocycles. The predicted molar refractivity (Wildman–Crippen MR) is 81.4 cm³/mol. The average molecular weight is 296 g/mol. The van der Waals surface area contributed by atoms with Crippen molar-refractivity contribution in [2.24, 2.45) is 5.92 Å². The summed E-state index contributed by atoms with van der Waals surface area (Å²) in [5.41, 5.74) is 0.683. The number of nitrogens with zero attached hydrogens (tertiary/aromatic N) is 1. The molecule has 0 aliphatic heterocycles. The summed E-state index contributed by atoms with van der Waals surface area (Å²) in [6, 6.07) is 7.60. The Morgan fingerprint density at radius 3 is 2.85 bits per heavy atom. The van der Waals surface area contributed by atoms with E-state index in [0.717, 1.165) is 12.5 Å². The van der Waals surface area contributed by atoms with Crippen LogP contribution in [-0.4, -0.2) is 43.5 Å². The number of hydrogen-bond donors (Lipinski definition) is 0. The molecule has 0 saturated heterocycles. The van der Waals surface area contributed by atoms with Gasteiger partial charge in [0.15, 0.2) is 5.78 Å². The minimum atomic E-state index is 0.121. The largest absolute Gasteiger partial charge is 0.383 e. The third-order valence-electron chi connectivity index (χ3n) is 3.96. The Bertz CT molecular complexity index is 460. The van der Waals surface area contributed by atoms with Gasteiger partial charge in [-0.25, -0.2) is 0 Å². The summed E-state index contributed by atoms with van der Waals surface area (Å²) < 4.78 is 5.15. The molecule has 1 atom stereocenters. The van der Waals surface area contributed by atoms with Crippen molar-refractivity contribution >= 4 is 17.4 Å². The van der Waals surface area contributed by atoms with Crippen LogP contribution in [0.4, 0.5) is 0 Å². The monoisotopic (exact) mass is 295 g/mol. The second-order valence-corrected chi connectivity index (χ2v) is 5.91. The molecular weight excluding hydrogens is 274 g/mol. The van der Waals surface area contributed by atoms with Crippen LogP contribution >= 0.6 is 11.6 Å². The van der Waals surface area contributed by atoms with Crippen LogP contribution in [0.5, 0.6) is 0 Å². The number of carbonyl (C=O) groups excluding carboxylic acids is 1. The molecule has 1 aliphatic carbocycles. The van der Waals surface area contributed by atoms with Crippen molar-refractivity contribution in [3.63, 3.8) is 0 Å². The van der Waals surface area contributed by atoms with E-state index in [0.29, 0.717) is 29.8 Å². The van der Waals surface area contributed by atoms with E-state index in [1.807, 2.05) is 12.1 Å². The highest BCUT2D eigenvalue weighted by molar-refractivity contribution is 6.31. The smallest absolute Gasteiger partial charge is 0.176 e. The molecule has 0 amide bonds. The molecule has 0 bridgehead atoms. The van der Waals surface area contributed by atoms with Crippen LogP contribution in [0.1, 0.15) is 30.1 Å². The van der Waals surface area contributed by atoms with Crippen LogP contribution in [0.25, 0.3) is 0 Å². The van der Waals surface area contributed by atoms with Crippen molar-refractivity contribution in [3.8, 4) is 0 Å². The maximum Gasteiger partial charge on any atom is 0.176 e. The van der Waals surface area contributed by atoms with E-state index in [-0.39, 0.29) is 5.78 Å². The molecule has 0 aromatic heterocycles. The molecule has 2 rings (SSSR count). The first-order valence-electron chi connectivity index (χ1n) is 7.13. The SMILES string of the molecule is COCCN(CC(=O)c1cccc(Cl)c1)C(C)C1CC1. The maximum absolute atomic E-state index is 12.4. The van der Waals surface area contributed by atoms with E-state index < -0.39 is 0 Å². The van der Waals surface area contributed by atoms with Gasteiger partial charge in [0.1, 0.15) is 0 Å².